The fourth-order valence-corrected chi connectivity index (χ4v) is 3.58. The highest BCUT2D eigenvalue weighted by Crippen LogP contribution is 2.27. The van der Waals surface area contributed by atoms with Gasteiger partial charge in [0, 0.05) is 29.8 Å². The maximum absolute atomic E-state index is 13.1. The number of nitrogens with zero attached hydrogens (tertiary/aromatic N) is 1. The van der Waals surface area contributed by atoms with Crippen LogP contribution in [-0.2, 0) is 4.74 Å². The van der Waals surface area contributed by atoms with Gasteiger partial charge in [-0.05, 0) is 42.3 Å². The van der Waals surface area contributed by atoms with Gasteiger partial charge in [0.15, 0.2) is 0 Å². The normalized spacial score (nSPS) is 10.7. The van der Waals surface area contributed by atoms with E-state index >= 15 is 0 Å². The fraction of sp³-hybridized carbons (Fsp3) is 0.111. The van der Waals surface area contributed by atoms with E-state index in [0.29, 0.717) is 12.3 Å². The molecule has 0 saturated carbocycles. The molecular weight excluding hydrogens is 473 g/mol. The van der Waals surface area contributed by atoms with Crippen molar-refractivity contribution in [3.63, 3.8) is 0 Å². The van der Waals surface area contributed by atoms with Crippen molar-refractivity contribution in [3.8, 4) is 33.8 Å². The predicted octanol–water partition coefficient (Wildman–Crippen LogP) is 6.78. The molecule has 186 valence electrons. The third-order valence-electron chi connectivity index (χ3n) is 5.06. The van der Waals surface area contributed by atoms with E-state index in [1.165, 1.54) is 0 Å². The molecule has 9 heteroatoms. The van der Waals surface area contributed by atoms with E-state index in [1.54, 1.807) is 7.11 Å². The molecule has 0 bridgehead atoms. The lowest BCUT2D eigenvalue weighted by Gasteiger charge is -2.12. The summed E-state index contributed by atoms with van der Waals surface area (Å²) < 4.78 is 51.7. The minimum Gasteiger partial charge on any atom is -0.497 e. The molecule has 36 heavy (non-hydrogen) atoms. The Balaban J connectivity index is 0.000000658. The second-order valence-corrected chi connectivity index (χ2v) is 7.50. The van der Waals surface area contributed by atoms with Crippen LogP contribution in [0.15, 0.2) is 97.1 Å². The van der Waals surface area contributed by atoms with E-state index in [1.807, 2.05) is 102 Å². The number of ether oxygens (including phenoxy) is 2. The summed E-state index contributed by atoms with van der Waals surface area (Å²) in [6.45, 7) is 2.12. The number of hydrogen-bond donors (Lipinski definition) is 0. The standard InChI is InChI=1S/C27H24NO3.BF4/c1-3-31-27(29)26-19-22(20-10-6-4-7-11-20)18-25(21-12-8-5-9-13-21)28(26)23-14-16-24(30-2)17-15-23;2-1(3,4)5/h4-19H,3H2,1-2H3;/q+1;-1. The molecule has 0 unspecified atom stereocenters. The molecule has 0 saturated heterocycles. The number of halogens is 4. The van der Waals surface area contributed by atoms with Crippen LogP contribution < -0.4 is 9.30 Å². The molecular formula is C27H24BF4NO3. The fourth-order valence-electron chi connectivity index (χ4n) is 3.58. The maximum Gasteiger partial charge on any atom is 0.673 e. The van der Waals surface area contributed by atoms with Crippen LogP contribution in [0.1, 0.15) is 17.4 Å². The number of hydrogen-bond acceptors (Lipinski definition) is 3. The molecule has 3 aromatic carbocycles. The van der Waals surface area contributed by atoms with Gasteiger partial charge in [-0.2, -0.15) is 0 Å². The van der Waals surface area contributed by atoms with Gasteiger partial charge in [0.2, 0.25) is 11.4 Å². The Morgan fingerprint density at radius 3 is 1.81 bits per heavy atom. The van der Waals surface area contributed by atoms with E-state index in [4.69, 9.17) is 9.47 Å². The van der Waals surface area contributed by atoms with E-state index in [0.717, 1.165) is 33.8 Å². The molecule has 1 aromatic heterocycles. The van der Waals surface area contributed by atoms with E-state index in [-0.39, 0.29) is 5.97 Å². The quantitative estimate of drug-likeness (QED) is 0.128. The number of carbonyl (C=O) groups is 1. The average molecular weight is 497 g/mol. The zero-order valence-corrected chi connectivity index (χ0v) is 19.7. The Kier molecular flexibility index (Phi) is 8.83. The Morgan fingerprint density at radius 2 is 1.31 bits per heavy atom. The van der Waals surface area contributed by atoms with Crippen LogP contribution in [0.2, 0.25) is 0 Å². The Morgan fingerprint density at radius 1 is 0.778 bits per heavy atom. The number of esters is 1. The highest BCUT2D eigenvalue weighted by Gasteiger charge is 2.29. The van der Waals surface area contributed by atoms with Crippen molar-refractivity contribution in [2.24, 2.45) is 0 Å². The summed E-state index contributed by atoms with van der Waals surface area (Å²) in [5.41, 5.74) is 5.20. The molecule has 0 fully saturated rings. The van der Waals surface area contributed by atoms with Gasteiger partial charge in [-0.15, -0.1) is 4.57 Å². The summed E-state index contributed by atoms with van der Waals surface area (Å²) in [6, 6.07) is 31.7. The Labute approximate surface area is 206 Å². The first-order chi connectivity index (χ1) is 17.2. The molecule has 0 spiro atoms. The van der Waals surface area contributed by atoms with Crippen LogP contribution in [0.5, 0.6) is 5.75 Å². The van der Waals surface area contributed by atoms with Crippen LogP contribution in [0.3, 0.4) is 0 Å². The van der Waals surface area contributed by atoms with Gasteiger partial charge in [0.25, 0.3) is 5.69 Å². The third kappa shape index (κ3) is 7.18. The minimum atomic E-state index is -6.00. The maximum atomic E-state index is 13.1. The van der Waals surface area contributed by atoms with E-state index in [2.05, 4.69) is 6.07 Å². The van der Waals surface area contributed by atoms with Gasteiger partial charge in [0.1, 0.15) is 5.75 Å². The first-order valence-electron chi connectivity index (χ1n) is 11.1. The van der Waals surface area contributed by atoms with E-state index < -0.39 is 7.25 Å². The first-order valence-corrected chi connectivity index (χ1v) is 11.1. The molecule has 4 aromatic rings. The molecule has 0 atom stereocenters. The van der Waals surface area contributed by atoms with Crippen LogP contribution in [0.4, 0.5) is 17.3 Å². The number of methoxy groups -OCH3 is 1. The topological polar surface area (TPSA) is 39.4 Å². The van der Waals surface area contributed by atoms with Crippen molar-refractivity contribution in [1.82, 2.24) is 0 Å². The molecule has 0 amide bonds. The van der Waals surface area contributed by atoms with Crippen molar-refractivity contribution in [3.05, 3.63) is 103 Å². The summed E-state index contributed by atoms with van der Waals surface area (Å²) in [6.07, 6.45) is 0. The molecule has 4 nitrogen and oxygen atoms in total. The largest absolute Gasteiger partial charge is 0.673 e. The smallest absolute Gasteiger partial charge is 0.497 e. The molecule has 0 aliphatic heterocycles. The van der Waals surface area contributed by atoms with Crippen molar-refractivity contribution in [1.29, 1.82) is 0 Å². The number of benzene rings is 3. The van der Waals surface area contributed by atoms with Gasteiger partial charge in [0.05, 0.1) is 13.7 Å². The SMILES string of the molecule is CCOC(=O)c1cc(-c2ccccc2)cc(-c2ccccc2)[n+]1-c1ccc(OC)cc1.F[B-](F)(F)F. The summed E-state index contributed by atoms with van der Waals surface area (Å²) in [5.74, 6) is 0.387. The molecule has 0 aliphatic carbocycles. The molecule has 1 heterocycles. The van der Waals surface area contributed by atoms with Gasteiger partial charge in [-0.1, -0.05) is 48.5 Å². The highest BCUT2D eigenvalue weighted by molar-refractivity contribution is 6.50. The van der Waals surface area contributed by atoms with Crippen molar-refractivity contribution < 1.29 is 36.1 Å². The summed E-state index contributed by atoms with van der Waals surface area (Å²) in [5, 5.41) is 0. The lowest BCUT2D eigenvalue weighted by Crippen LogP contribution is -2.41. The van der Waals surface area contributed by atoms with Crippen LogP contribution in [0.25, 0.3) is 28.1 Å². The predicted molar refractivity (Wildman–Crippen MR) is 132 cm³/mol. The summed E-state index contributed by atoms with van der Waals surface area (Å²) in [7, 11) is -4.36. The number of pyridine rings is 1. The number of rotatable bonds is 6. The summed E-state index contributed by atoms with van der Waals surface area (Å²) in [4.78, 5) is 13.1. The zero-order valence-electron chi connectivity index (χ0n) is 19.7. The minimum absolute atomic E-state index is 0.303. The molecule has 0 N–H and O–H groups in total. The lowest BCUT2D eigenvalue weighted by atomic mass is 10.0. The van der Waals surface area contributed by atoms with Gasteiger partial charge >= 0.3 is 13.2 Å². The molecule has 0 aliphatic rings. The van der Waals surface area contributed by atoms with Crippen molar-refractivity contribution in [2.75, 3.05) is 13.7 Å². The van der Waals surface area contributed by atoms with Crippen LogP contribution >= 0.6 is 0 Å². The number of carbonyl (C=O) groups excluding carboxylic acids is 1. The zero-order chi connectivity index (χ0) is 26.1. The van der Waals surface area contributed by atoms with Crippen LogP contribution in [-0.4, -0.2) is 26.9 Å². The second kappa shape index (κ2) is 12.0. The Bertz CT molecular complexity index is 1280. The average Bonchev–Trinajstić information content (AvgIpc) is 2.88. The first kappa shape index (κ1) is 26.5. The number of aromatic nitrogens is 1. The molecule has 4 rings (SSSR count). The monoisotopic (exact) mass is 497 g/mol. The van der Waals surface area contributed by atoms with Gasteiger partial charge < -0.3 is 26.7 Å². The summed E-state index contributed by atoms with van der Waals surface area (Å²) >= 11 is 0. The van der Waals surface area contributed by atoms with Gasteiger partial charge in [-0.25, -0.2) is 4.79 Å². The van der Waals surface area contributed by atoms with Crippen molar-refractivity contribution in [2.45, 2.75) is 6.92 Å². The van der Waals surface area contributed by atoms with Crippen molar-refractivity contribution >= 4 is 13.2 Å². The van der Waals surface area contributed by atoms with Gasteiger partial charge in [-0.3, -0.25) is 0 Å². The third-order valence-corrected chi connectivity index (χ3v) is 5.06. The van der Waals surface area contributed by atoms with Crippen LogP contribution in [0, 0.1) is 0 Å². The lowest BCUT2D eigenvalue weighted by molar-refractivity contribution is -0.587. The Hall–Kier alpha value is -4.14. The second-order valence-electron chi connectivity index (χ2n) is 7.50. The van der Waals surface area contributed by atoms with E-state index in [9.17, 15) is 22.1 Å². The molecule has 0 radical (unpaired) electrons. The highest BCUT2D eigenvalue weighted by atomic mass is 19.5.